The molecule has 12 heteroatoms. The summed E-state index contributed by atoms with van der Waals surface area (Å²) in [5.41, 5.74) is 9.54. The Balaban J connectivity index is 1.23. The minimum absolute atomic E-state index is 0.00499. The van der Waals surface area contributed by atoms with Gasteiger partial charge in [0.05, 0.1) is 12.6 Å². The average molecular weight is 695 g/mol. The summed E-state index contributed by atoms with van der Waals surface area (Å²) in [4.78, 5) is 42.7. The Bertz CT molecular complexity index is 1760. The third-order valence-corrected chi connectivity index (χ3v) is 9.65. The smallest absolute Gasteiger partial charge is 0.252 e. The van der Waals surface area contributed by atoms with E-state index in [9.17, 15) is 27.6 Å². The number of halogens is 4. The second kappa shape index (κ2) is 15.0. The number of rotatable bonds is 13. The van der Waals surface area contributed by atoms with Crippen LogP contribution in [0.3, 0.4) is 0 Å². The first-order valence-electron chi connectivity index (χ1n) is 16.5. The lowest BCUT2D eigenvalue weighted by Gasteiger charge is -2.45. The second-order valence-electron chi connectivity index (χ2n) is 12.9. The van der Waals surface area contributed by atoms with Gasteiger partial charge in [0.1, 0.15) is 0 Å². The molecule has 2 fully saturated rings. The molecule has 2 heterocycles. The van der Waals surface area contributed by atoms with Crippen LogP contribution in [0.4, 0.5) is 13.2 Å². The molecular weight excluding hydrogens is 657 g/mol. The summed E-state index contributed by atoms with van der Waals surface area (Å²) in [5, 5.41) is 4.18. The molecule has 2 bridgehead atoms. The normalized spacial score (nSPS) is 18.7. The largest absolute Gasteiger partial charge is 0.488 e. The highest BCUT2D eigenvalue weighted by atomic mass is 35.5. The van der Waals surface area contributed by atoms with Crippen LogP contribution in [0.25, 0.3) is 5.57 Å². The third-order valence-electron chi connectivity index (χ3n) is 9.28. The Morgan fingerprint density at radius 1 is 0.959 bits per heavy atom. The number of piperazine rings is 1. The molecule has 3 N–H and O–H groups in total. The van der Waals surface area contributed by atoms with Crippen LogP contribution in [-0.2, 0) is 27.3 Å². The third kappa shape index (κ3) is 8.11. The van der Waals surface area contributed by atoms with Crippen molar-refractivity contribution in [1.82, 2.24) is 15.1 Å². The molecule has 2 atom stereocenters. The van der Waals surface area contributed by atoms with Crippen LogP contribution in [0.5, 0.6) is 5.75 Å². The molecule has 3 amide bonds. The van der Waals surface area contributed by atoms with Crippen molar-refractivity contribution in [1.29, 1.82) is 0 Å². The first-order chi connectivity index (χ1) is 23.6. The van der Waals surface area contributed by atoms with Crippen LogP contribution < -0.4 is 15.8 Å². The van der Waals surface area contributed by atoms with Crippen LogP contribution in [0, 0.1) is 17.5 Å². The quantitative estimate of drug-likeness (QED) is 0.180. The van der Waals surface area contributed by atoms with Gasteiger partial charge in [-0.2, -0.15) is 4.39 Å². The second-order valence-corrected chi connectivity index (χ2v) is 13.3. The Hall–Kier alpha value is -4.35. The van der Waals surface area contributed by atoms with E-state index >= 15 is 0 Å². The average Bonchev–Trinajstić information content (AvgIpc) is 3.93. The standard InChI is InChI=1S/C37H38ClF3N4O4/c38-28-6-2-1-5-24(28)19-45(26-11-12-26)37(48)34-27(18-25-20-44(21-31(34)43-25)33(47)16-15-32(42)46)23-9-7-22(8-10-23)4-3-17-49-36-30(40)14-13-29(39)35(36)41/h1-2,5-10,13-14,25-26,31,43H,3-4,11-12,15-21H2,(H2,42,46). The molecule has 258 valence electrons. The van der Waals surface area contributed by atoms with Gasteiger partial charge in [0.2, 0.25) is 17.6 Å². The minimum Gasteiger partial charge on any atom is -0.488 e. The molecule has 3 aliphatic rings. The first-order valence-corrected chi connectivity index (χ1v) is 16.9. The van der Waals surface area contributed by atoms with Gasteiger partial charge in [-0.25, -0.2) is 8.78 Å². The lowest BCUT2D eigenvalue weighted by molar-refractivity contribution is -0.135. The molecule has 0 radical (unpaired) electrons. The summed E-state index contributed by atoms with van der Waals surface area (Å²) in [6.07, 6.45) is 3.28. The molecule has 6 rings (SSSR count). The summed E-state index contributed by atoms with van der Waals surface area (Å²) in [6, 6.07) is 16.5. The van der Waals surface area contributed by atoms with E-state index < -0.39 is 35.2 Å². The van der Waals surface area contributed by atoms with E-state index in [1.54, 1.807) is 4.90 Å². The molecule has 3 aromatic rings. The highest BCUT2D eigenvalue weighted by Crippen LogP contribution is 2.38. The minimum atomic E-state index is -1.35. The Morgan fingerprint density at radius 2 is 1.69 bits per heavy atom. The van der Waals surface area contributed by atoms with Crippen molar-refractivity contribution in [3.8, 4) is 5.75 Å². The number of fused-ring (bicyclic) bond motifs is 2. The predicted octanol–water partition coefficient (Wildman–Crippen LogP) is 5.55. The predicted molar refractivity (Wildman–Crippen MR) is 179 cm³/mol. The van der Waals surface area contributed by atoms with Crippen LogP contribution in [0.2, 0.25) is 5.02 Å². The zero-order valence-electron chi connectivity index (χ0n) is 26.9. The van der Waals surface area contributed by atoms with Gasteiger partial charge in [0.25, 0.3) is 5.91 Å². The molecule has 2 unspecified atom stereocenters. The van der Waals surface area contributed by atoms with E-state index in [1.165, 1.54) is 0 Å². The number of carbonyl (C=O) groups excluding carboxylic acids is 3. The van der Waals surface area contributed by atoms with Gasteiger partial charge >= 0.3 is 0 Å². The van der Waals surface area contributed by atoms with Crippen molar-refractivity contribution in [2.45, 2.75) is 69.6 Å². The fourth-order valence-corrected chi connectivity index (χ4v) is 6.84. The van der Waals surface area contributed by atoms with E-state index in [4.69, 9.17) is 22.1 Å². The number of nitrogens with two attached hydrogens (primary N) is 1. The number of carbonyl (C=O) groups is 3. The van der Waals surface area contributed by atoms with Crippen molar-refractivity contribution < 1.29 is 32.3 Å². The lowest BCUT2D eigenvalue weighted by Crippen LogP contribution is -2.62. The fourth-order valence-electron chi connectivity index (χ4n) is 6.64. The van der Waals surface area contributed by atoms with E-state index in [2.05, 4.69) is 5.32 Å². The molecule has 3 aromatic carbocycles. The monoisotopic (exact) mass is 694 g/mol. The van der Waals surface area contributed by atoms with Gasteiger partial charge in [-0.3, -0.25) is 14.4 Å². The first kappa shape index (κ1) is 34.5. The summed E-state index contributed by atoms with van der Waals surface area (Å²) in [6.45, 7) is 1.08. The van der Waals surface area contributed by atoms with Crippen molar-refractivity contribution in [3.05, 3.63) is 105 Å². The van der Waals surface area contributed by atoms with Crippen LogP contribution >= 0.6 is 11.6 Å². The topological polar surface area (TPSA) is 105 Å². The molecule has 0 spiro atoms. The molecule has 1 aliphatic carbocycles. The van der Waals surface area contributed by atoms with Crippen molar-refractivity contribution in [2.75, 3.05) is 19.7 Å². The summed E-state index contributed by atoms with van der Waals surface area (Å²) < 4.78 is 46.6. The Morgan fingerprint density at radius 3 is 2.41 bits per heavy atom. The maximum Gasteiger partial charge on any atom is 0.252 e. The van der Waals surface area contributed by atoms with Gasteiger partial charge in [-0.15, -0.1) is 0 Å². The summed E-state index contributed by atoms with van der Waals surface area (Å²) >= 11 is 6.51. The maximum absolute atomic E-state index is 14.6. The summed E-state index contributed by atoms with van der Waals surface area (Å²) in [7, 11) is 0. The zero-order valence-corrected chi connectivity index (χ0v) is 27.7. The molecule has 1 saturated carbocycles. The van der Waals surface area contributed by atoms with Crippen LogP contribution in [-0.4, -0.2) is 65.3 Å². The highest BCUT2D eigenvalue weighted by Gasteiger charge is 2.43. The SMILES string of the molecule is NC(=O)CCC(=O)N1CC2CC(c3ccc(CCCOc4c(F)ccc(F)c4F)cc3)=C(C(=O)N(Cc3ccccc3Cl)C3CC3)C(C1)N2. The number of primary amides is 1. The van der Waals surface area contributed by atoms with Gasteiger partial charge in [0, 0.05) is 55.2 Å². The number of ether oxygens (including phenoxy) is 1. The highest BCUT2D eigenvalue weighted by molar-refractivity contribution is 6.31. The number of hydrogen-bond acceptors (Lipinski definition) is 5. The van der Waals surface area contributed by atoms with Crippen LogP contribution in [0.1, 0.15) is 55.2 Å². The number of amides is 3. The van der Waals surface area contributed by atoms with Crippen molar-refractivity contribution in [3.63, 3.8) is 0 Å². The van der Waals surface area contributed by atoms with E-state index in [1.807, 2.05) is 53.4 Å². The number of nitrogens with one attached hydrogen (secondary N) is 1. The van der Waals surface area contributed by atoms with Gasteiger partial charge in [0.15, 0.2) is 17.4 Å². The Kier molecular flexibility index (Phi) is 10.6. The van der Waals surface area contributed by atoms with E-state index in [0.717, 1.165) is 41.2 Å². The van der Waals surface area contributed by atoms with Gasteiger partial charge < -0.3 is 25.6 Å². The van der Waals surface area contributed by atoms with Gasteiger partial charge in [-0.1, -0.05) is 54.1 Å². The molecule has 0 aromatic heterocycles. The molecule has 1 saturated heterocycles. The fraction of sp³-hybridized carbons (Fsp3) is 0.378. The molecule has 2 aliphatic heterocycles. The lowest BCUT2D eigenvalue weighted by atomic mass is 9.82. The summed E-state index contributed by atoms with van der Waals surface area (Å²) in [5.74, 6) is -5.01. The maximum atomic E-state index is 14.6. The number of aryl methyl sites for hydroxylation is 1. The number of benzene rings is 3. The van der Waals surface area contributed by atoms with Crippen LogP contribution in [0.15, 0.2) is 66.2 Å². The van der Waals surface area contributed by atoms with Crippen molar-refractivity contribution >= 4 is 34.9 Å². The van der Waals surface area contributed by atoms with E-state index in [0.29, 0.717) is 49.0 Å². The number of hydrogen-bond donors (Lipinski definition) is 2. The number of nitrogens with zero attached hydrogens (tertiary/aromatic N) is 2. The molecule has 8 nitrogen and oxygen atoms in total. The van der Waals surface area contributed by atoms with E-state index in [-0.39, 0.29) is 49.9 Å². The molecular formula is C37H38ClF3N4O4. The van der Waals surface area contributed by atoms with Gasteiger partial charge in [-0.05, 0) is 72.6 Å². The Labute approximate surface area is 288 Å². The molecule has 49 heavy (non-hydrogen) atoms. The zero-order chi connectivity index (χ0) is 34.7. The van der Waals surface area contributed by atoms with Crippen molar-refractivity contribution in [2.24, 2.45) is 5.73 Å².